The van der Waals surface area contributed by atoms with Crippen LogP contribution in [0, 0.1) is 0 Å². The molecule has 0 aromatic heterocycles. The quantitative estimate of drug-likeness (QED) is 0.0552. The number of hydrogen-bond acceptors (Lipinski definition) is 17. The third-order valence-electron chi connectivity index (χ3n) is 8.75. The second kappa shape index (κ2) is 19.7. The van der Waals surface area contributed by atoms with E-state index in [4.69, 9.17) is 5.73 Å². The summed E-state index contributed by atoms with van der Waals surface area (Å²) in [5.74, 6) is -1.36. The molecular weight excluding hydrogens is 882 g/mol. The number of nitrogen functional groups attached to an aromatic ring is 1. The first-order chi connectivity index (χ1) is 27.4. The Hall–Kier alpha value is -3.81. The van der Waals surface area contributed by atoms with Crippen LogP contribution in [0.2, 0.25) is 0 Å². The number of aromatic hydroxyl groups is 2. The van der Waals surface area contributed by atoms with Crippen LogP contribution in [0.15, 0.2) is 156 Å². The molecule has 7 aromatic carbocycles. The van der Waals surface area contributed by atoms with Gasteiger partial charge in [-0.15, -0.1) is 10.2 Å². The van der Waals surface area contributed by atoms with Crippen molar-refractivity contribution < 1.29 is 138 Å². The predicted molar refractivity (Wildman–Crippen MR) is 209 cm³/mol. The van der Waals surface area contributed by atoms with Crippen molar-refractivity contribution in [2.45, 2.75) is 14.7 Å². The molecule has 5 N–H and O–H groups in total. The summed E-state index contributed by atoms with van der Waals surface area (Å²) in [4.78, 5) is -3.03. The minimum absolute atomic E-state index is 0. The maximum absolute atomic E-state index is 12.3. The van der Waals surface area contributed by atoms with E-state index in [1.807, 2.05) is 30.3 Å². The Bertz CT molecular complexity index is 3200. The van der Waals surface area contributed by atoms with Gasteiger partial charge in [0.05, 0.1) is 37.1 Å². The van der Waals surface area contributed by atoms with Gasteiger partial charge in [-0.3, -0.25) is 0 Å². The largest absolute Gasteiger partial charge is 1.00 e. The maximum atomic E-state index is 12.3. The summed E-state index contributed by atoms with van der Waals surface area (Å²) >= 11 is 0. The molecule has 0 spiro atoms. The Balaban J connectivity index is 0.00000273. The molecule has 0 heterocycles. The van der Waals surface area contributed by atoms with E-state index in [1.54, 1.807) is 66.7 Å². The Kier molecular flexibility index (Phi) is 16.1. The van der Waals surface area contributed by atoms with E-state index in [0.29, 0.717) is 22.9 Å². The van der Waals surface area contributed by atoms with E-state index in [0.717, 1.165) is 23.9 Å². The number of phenols is 2. The van der Waals surface area contributed by atoms with E-state index in [2.05, 4.69) is 25.8 Å². The molecule has 0 bridgehead atoms. The number of nitrogens with one attached hydrogen (secondary N) is 1. The molecule has 61 heavy (non-hydrogen) atoms. The molecule has 0 unspecified atom stereocenters. The number of benzene rings is 7. The Morgan fingerprint density at radius 2 is 1.03 bits per heavy atom. The van der Waals surface area contributed by atoms with Crippen LogP contribution in [0.5, 0.6) is 11.5 Å². The molecule has 0 saturated carbocycles. The number of para-hydroxylation sites is 1. The van der Waals surface area contributed by atoms with Gasteiger partial charge in [-0.25, -0.2) is 25.3 Å². The van der Waals surface area contributed by atoms with E-state index in [-0.39, 0.29) is 117 Å². The number of nitrogens with zero attached hydrogens (tertiary/aromatic N) is 4. The molecule has 294 valence electrons. The number of rotatable bonds is 10. The molecule has 0 aliphatic rings. The first-order valence-electron chi connectivity index (χ1n) is 16.5. The van der Waals surface area contributed by atoms with E-state index in [1.165, 1.54) is 0 Å². The third-order valence-corrected chi connectivity index (χ3v) is 11.3. The normalized spacial score (nSPS) is 11.9. The molecule has 7 rings (SSSR count). The van der Waals surface area contributed by atoms with Crippen LogP contribution in [-0.4, -0.2) is 49.1 Å². The van der Waals surface area contributed by atoms with E-state index in [9.17, 15) is 49.1 Å². The zero-order chi connectivity index (χ0) is 41.6. The van der Waals surface area contributed by atoms with E-state index >= 15 is 0 Å². The first-order valence-corrected chi connectivity index (χ1v) is 20.7. The van der Waals surface area contributed by atoms with Gasteiger partial charge in [0.2, 0.25) is 0 Å². The van der Waals surface area contributed by atoms with Crippen LogP contribution in [0.4, 0.5) is 39.8 Å². The van der Waals surface area contributed by atoms with Crippen molar-refractivity contribution in [1.29, 1.82) is 0 Å². The van der Waals surface area contributed by atoms with Crippen molar-refractivity contribution >= 4 is 91.7 Å². The predicted octanol–water partition coefficient (Wildman–Crippen LogP) is -1.05. The molecular formula is C38H25N6Na3O11S3. The Morgan fingerprint density at radius 1 is 0.508 bits per heavy atom. The fourth-order valence-electron chi connectivity index (χ4n) is 6.02. The zero-order valence-electron chi connectivity index (χ0n) is 32.2. The molecule has 7 aromatic rings. The van der Waals surface area contributed by atoms with Crippen LogP contribution in [-0.2, 0) is 30.4 Å². The minimum atomic E-state index is -5.35. The number of hydrogen-bond donors (Lipinski definition) is 4. The summed E-state index contributed by atoms with van der Waals surface area (Å²) in [6.45, 7) is 0. The number of phenolic OH excluding ortho intramolecular Hbond substituents is 2. The van der Waals surface area contributed by atoms with Crippen LogP contribution in [0.25, 0.3) is 32.7 Å². The van der Waals surface area contributed by atoms with Gasteiger partial charge in [0.1, 0.15) is 41.7 Å². The van der Waals surface area contributed by atoms with Crippen LogP contribution in [0.1, 0.15) is 0 Å². The minimum Gasteiger partial charge on any atom is -0.744 e. The summed E-state index contributed by atoms with van der Waals surface area (Å²) in [7, 11) is -15.8. The van der Waals surface area contributed by atoms with Gasteiger partial charge in [0.25, 0.3) is 0 Å². The van der Waals surface area contributed by atoms with Crippen LogP contribution in [0.3, 0.4) is 0 Å². The number of azo groups is 2. The molecule has 0 aliphatic carbocycles. The van der Waals surface area contributed by atoms with Crippen molar-refractivity contribution in [3.8, 4) is 22.6 Å². The summed E-state index contributed by atoms with van der Waals surface area (Å²) in [5, 5.41) is 40.6. The molecule has 0 radical (unpaired) electrons. The monoisotopic (exact) mass is 906 g/mol. The molecule has 0 atom stereocenters. The SMILES string of the molecule is Nc1c(S(=O)(=O)[O-])cc(S(=O)(=O)[O-])c2ccc(N=Nc3ccc(-c4ccc(N=Nc5c(S(=O)(=O)[O-])cc6cc(Nc7ccccc7)ccc6c5O)cc4)cc3)c(O)c12.[Na+].[Na+].[Na+]. The second-order valence-electron chi connectivity index (χ2n) is 12.5. The summed E-state index contributed by atoms with van der Waals surface area (Å²) in [6, 6.07) is 30.7. The molecule has 0 saturated heterocycles. The van der Waals surface area contributed by atoms with Gasteiger partial charge >= 0.3 is 88.7 Å². The molecule has 17 nitrogen and oxygen atoms in total. The molecule has 23 heteroatoms. The number of anilines is 3. The van der Waals surface area contributed by atoms with Gasteiger partial charge < -0.3 is 34.9 Å². The second-order valence-corrected chi connectivity index (χ2v) is 16.5. The van der Waals surface area contributed by atoms with E-state index < -0.39 is 78.7 Å². The summed E-state index contributed by atoms with van der Waals surface area (Å²) in [6.07, 6.45) is 0. The fourth-order valence-corrected chi connectivity index (χ4v) is 8.07. The standard InChI is InChI=1S/C38H28N6O11S3.3Na/c39-35-32(57(50,51)52)20-31(56(47,48)49)29-16-17-30(38(46)34(29)35)43-41-25-10-6-21(7-11-25)22-8-12-26(13-9-22)42-44-36-33(58(53,54)55)19-23-18-27(14-15-28(23)37(36)45)40-24-4-2-1-3-5-24;;;/h1-20,40,45-46H,39H2,(H,47,48,49)(H,50,51,52)(H,53,54,55);;;/q;3*+1/p-3. The Labute approximate surface area is 415 Å². The van der Waals surface area contributed by atoms with Crippen molar-refractivity contribution in [1.82, 2.24) is 0 Å². The van der Waals surface area contributed by atoms with Crippen molar-refractivity contribution in [2.24, 2.45) is 20.5 Å². The molecule has 0 aliphatic heterocycles. The Morgan fingerprint density at radius 3 is 1.57 bits per heavy atom. The smallest absolute Gasteiger partial charge is 0.744 e. The third kappa shape index (κ3) is 11.1. The van der Waals surface area contributed by atoms with Gasteiger partial charge in [0, 0.05) is 22.1 Å². The fraction of sp³-hybridized carbons (Fsp3) is 0. The topological polar surface area (TPSA) is 300 Å². The van der Waals surface area contributed by atoms with Gasteiger partial charge in [0.15, 0.2) is 11.5 Å². The first kappa shape index (κ1) is 49.8. The molecule has 0 amide bonds. The van der Waals surface area contributed by atoms with Crippen molar-refractivity contribution in [3.63, 3.8) is 0 Å². The van der Waals surface area contributed by atoms with Crippen molar-refractivity contribution in [2.75, 3.05) is 11.1 Å². The summed E-state index contributed by atoms with van der Waals surface area (Å²) in [5.41, 5.74) is 7.56. The zero-order valence-corrected chi connectivity index (χ0v) is 40.7. The van der Waals surface area contributed by atoms with Crippen LogP contribution >= 0.6 is 0 Å². The summed E-state index contributed by atoms with van der Waals surface area (Å²) < 4.78 is 108. The number of fused-ring (bicyclic) bond motifs is 2. The average molecular weight is 907 g/mol. The van der Waals surface area contributed by atoms with Crippen molar-refractivity contribution in [3.05, 3.63) is 121 Å². The van der Waals surface area contributed by atoms with Crippen LogP contribution < -0.4 is 99.7 Å². The number of nitrogens with two attached hydrogens (primary N) is 1. The van der Waals surface area contributed by atoms with Gasteiger partial charge in [-0.05, 0) is 89.3 Å². The average Bonchev–Trinajstić information content (AvgIpc) is 3.16. The van der Waals surface area contributed by atoms with Gasteiger partial charge in [-0.1, -0.05) is 48.5 Å². The van der Waals surface area contributed by atoms with Gasteiger partial charge in [-0.2, -0.15) is 10.2 Å². The maximum Gasteiger partial charge on any atom is 1.00 e. The molecule has 0 fully saturated rings.